The third-order valence-corrected chi connectivity index (χ3v) is 4.94. The smallest absolute Gasteiger partial charge is 0.161 e. The second kappa shape index (κ2) is 9.26. The van der Waals surface area contributed by atoms with Gasteiger partial charge in [0.25, 0.3) is 0 Å². The third-order valence-electron chi connectivity index (χ3n) is 4.71. The van der Waals surface area contributed by atoms with Crippen molar-refractivity contribution in [1.29, 1.82) is 0 Å². The van der Waals surface area contributed by atoms with E-state index in [4.69, 9.17) is 21.1 Å². The number of methoxy groups -OCH3 is 1. The fourth-order valence-corrected chi connectivity index (χ4v) is 3.75. The Morgan fingerprint density at radius 1 is 1.08 bits per heavy atom. The van der Waals surface area contributed by atoms with E-state index >= 15 is 0 Å². The predicted octanol–water partition coefficient (Wildman–Crippen LogP) is 4.13. The molecule has 140 valence electrons. The summed E-state index contributed by atoms with van der Waals surface area (Å²) < 4.78 is 11.3. The summed E-state index contributed by atoms with van der Waals surface area (Å²) in [6, 6.07) is 14.5. The summed E-state index contributed by atoms with van der Waals surface area (Å²) in [6.07, 6.45) is 1.13. The highest BCUT2D eigenvalue weighted by Crippen LogP contribution is 2.36. The van der Waals surface area contributed by atoms with Crippen molar-refractivity contribution in [2.75, 3.05) is 39.9 Å². The minimum atomic E-state index is 0.138. The lowest BCUT2D eigenvalue weighted by Crippen LogP contribution is -2.33. The van der Waals surface area contributed by atoms with Gasteiger partial charge in [0.15, 0.2) is 11.5 Å². The molecule has 0 aliphatic carbocycles. The quantitative estimate of drug-likeness (QED) is 0.824. The normalized spacial score (nSPS) is 16.7. The van der Waals surface area contributed by atoms with Crippen LogP contribution >= 0.6 is 11.6 Å². The van der Waals surface area contributed by atoms with Crippen molar-refractivity contribution < 1.29 is 9.47 Å². The fraction of sp³-hybridized carbons (Fsp3) is 0.429. The van der Waals surface area contributed by atoms with Gasteiger partial charge < -0.3 is 14.8 Å². The molecular weight excluding hydrogens is 348 g/mol. The summed E-state index contributed by atoms with van der Waals surface area (Å²) >= 11 is 6.30. The Morgan fingerprint density at radius 2 is 1.92 bits per heavy atom. The molecule has 1 aliphatic rings. The molecule has 0 bridgehead atoms. The average molecular weight is 375 g/mol. The predicted molar refractivity (Wildman–Crippen MR) is 107 cm³/mol. The second-order valence-corrected chi connectivity index (χ2v) is 6.88. The Kier molecular flexibility index (Phi) is 6.78. The van der Waals surface area contributed by atoms with Crippen molar-refractivity contribution in [2.45, 2.75) is 19.4 Å². The van der Waals surface area contributed by atoms with Gasteiger partial charge in [-0.3, -0.25) is 4.90 Å². The highest BCUT2D eigenvalue weighted by Gasteiger charge is 2.24. The van der Waals surface area contributed by atoms with Crippen molar-refractivity contribution in [1.82, 2.24) is 10.2 Å². The maximum absolute atomic E-state index is 6.30. The van der Waals surface area contributed by atoms with E-state index in [0.29, 0.717) is 6.61 Å². The zero-order valence-corrected chi connectivity index (χ0v) is 16.3. The summed E-state index contributed by atoms with van der Waals surface area (Å²) in [4.78, 5) is 2.52. The van der Waals surface area contributed by atoms with Crippen LogP contribution < -0.4 is 14.8 Å². The number of nitrogens with zero attached hydrogens (tertiary/aromatic N) is 1. The molecule has 0 amide bonds. The van der Waals surface area contributed by atoms with Crippen LogP contribution in [0.1, 0.15) is 30.5 Å². The fourth-order valence-electron chi connectivity index (χ4n) is 3.55. The van der Waals surface area contributed by atoms with E-state index in [-0.39, 0.29) is 6.04 Å². The first-order valence-corrected chi connectivity index (χ1v) is 9.61. The number of hydrogen-bond acceptors (Lipinski definition) is 4. The Hall–Kier alpha value is -1.75. The van der Waals surface area contributed by atoms with Crippen LogP contribution in [-0.2, 0) is 0 Å². The second-order valence-electron chi connectivity index (χ2n) is 6.44. The van der Waals surface area contributed by atoms with Crippen molar-refractivity contribution in [3.8, 4) is 11.5 Å². The number of benzene rings is 2. The van der Waals surface area contributed by atoms with Gasteiger partial charge in [0.05, 0.1) is 19.8 Å². The minimum absolute atomic E-state index is 0.138. The number of rotatable bonds is 6. The summed E-state index contributed by atoms with van der Waals surface area (Å²) in [5, 5.41) is 4.25. The highest BCUT2D eigenvalue weighted by atomic mass is 35.5. The number of halogens is 1. The van der Waals surface area contributed by atoms with Gasteiger partial charge in [0, 0.05) is 24.7 Å². The lowest BCUT2D eigenvalue weighted by molar-refractivity contribution is 0.240. The Bertz CT molecular complexity index is 715. The summed E-state index contributed by atoms with van der Waals surface area (Å²) in [7, 11) is 1.67. The molecule has 5 heteroatoms. The molecule has 0 saturated carbocycles. The van der Waals surface area contributed by atoms with E-state index in [1.54, 1.807) is 7.11 Å². The van der Waals surface area contributed by atoms with Crippen LogP contribution in [0.25, 0.3) is 0 Å². The van der Waals surface area contributed by atoms with Gasteiger partial charge in [0.2, 0.25) is 0 Å². The zero-order chi connectivity index (χ0) is 18.4. The molecule has 4 nitrogen and oxygen atoms in total. The number of ether oxygens (including phenoxy) is 2. The standard InChI is InChI=1S/C21H27ClN2O2/c1-3-26-20-15-17(8-9-19(20)25-2)21(16-6-4-7-18(22)14-16)24-12-5-10-23-11-13-24/h4,6-9,14-15,21,23H,3,5,10-13H2,1-2H3. The van der Waals surface area contributed by atoms with Crippen LogP contribution in [-0.4, -0.2) is 44.8 Å². The molecule has 1 saturated heterocycles. The van der Waals surface area contributed by atoms with Crippen molar-refractivity contribution in [3.05, 3.63) is 58.6 Å². The Morgan fingerprint density at radius 3 is 2.69 bits per heavy atom. The lowest BCUT2D eigenvalue weighted by Gasteiger charge is -2.32. The van der Waals surface area contributed by atoms with Gasteiger partial charge in [-0.2, -0.15) is 0 Å². The molecule has 1 aliphatic heterocycles. The number of nitrogens with one attached hydrogen (secondary N) is 1. The molecule has 1 unspecified atom stereocenters. The average Bonchev–Trinajstić information content (AvgIpc) is 2.92. The summed E-state index contributed by atoms with van der Waals surface area (Å²) in [5.74, 6) is 1.55. The maximum Gasteiger partial charge on any atom is 0.161 e. The molecule has 0 aromatic heterocycles. The highest BCUT2D eigenvalue weighted by molar-refractivity contribution is 6.30. The minimum Gasteiger partial charge on any atom is -0.493 e. The number of hydrogen-bond donors (Lipinski definition) is 1. The molecule has 2 aromatic rings. The zero-order valence-electron chi connectivity index (χ0n) is 15.5. The largest absolute Gasteiger partial charge is 0.493 e. The van der Waals surface area contributed by atoms with Crippen LogP contribution in [0, 0.1) is 0 Å². The molecule has 1 N–H and O–H groups in total. The van der Waals surface area contributed by atoms with Gasteiger partial charge in [-0.1, -0.05) is 29.8 Å². The van der Waals surface area contributed by atoms with Crippen LogP contribution in [0.5, 0.6) is 11.5 Å². The first kappa shape index (κ1) is 19.0. The van der Waals surface area contributed by atoms with E-state index in [2.05, 4.69) is 34.5 Å². The van der Waals surface area contributed by atoms with Crippen LogP contribution in [0.2, 0.25) is 5.02 Å². The maximum atomic E-state index is 6.30. The van der Waals surface area contributed by atoms with Gasteiger partial charge in [-0.05, 0) is 55.3 Å². The van der Waals surface area contributed by atoms with E-state index in [9.17, 15) is 0 Å². The van der Waals surface area contributed by atoms with Crippen molar-refractivity contribution in [2.24, 2.45) is 0 Å². The van der Waals surface area contributed by atoms with Gasteiger partial charge in [-0.15, -0.1) is 0 Å². The Balaban J connectivity index is 2.03. The SMILES string of the molecule is CCOc1cc(C(c2cccc(Cl)c2)N2CCCNCC2)ccc1OC. The Labute approximate surface area is 161 Å². The van der Waals surface area contributed by atoms with Crippen LogP contribution in [0.15, 0.2) is 42.5 Å². The molecule has 3 rings (SSSR count). The summed E-state index contributed by atoms with van der Waals surface area (Å²) in [5.41, 5.74) is 2.39. The molecule has 1 fully saturated rings. The van der Waals surface area contributed by atoms with E-state index in [0.717, 1.165) is 49.1 Å². The molecule has 26 heavy (non-hydrogen) atoms. The van der Waals surface area contributed by atoms with Gasteiger partial charge >= 0.3 is 0 Å². The molecule has 1 heterocycles. The monoisotopic (exact) mass is 374 g/mol. The van der Waals surface area contributed by atoms with Crippen molar-refractivity contribution in [3.63, 3.8) is 0 Å². The van der Waals surface area contributed by atoms with Gasteiger partial charge in [0.1, 0.15) is 0 Å². The first-order valence-electron chi connectivity index (χ1n) is 9.24. The molecule has 0 spiro atoms. The van der Waals surface area contributed by atoms with Crippen molar-refractivity contribution >= 4 is 11.6 Å². The van der Waals surface area contributed by atoms with E-state index < -0.39 is 0 Å². The molecule has 0 radical (unpaired) electrons. The van der Waals surface area contributed by atoms with Gasteiger partial charge in [-0.25, -0.2) is 0 Å². The topological polar surface area (TPSA) is 33.7 Å². The molecular formula is C21H27ClN2O2. The first-order chi connectivity index (χ1) is 12.7. The third kappa shape index (κ3) is 4.50. The summed E-state index contributed by atoms with van der Waals surface area (Å²) in [6.45, 7) is 6.68. The lowest BCUT2D eigenvalue weighted by atomic mass is 9.96. The molecule has 2 aromatic carbocycles. The van der Waals surface area contributed by atoms with E-state index in [1.807, 2.05) is 25.1 Å². The van der Waals surface area contributed by atoms with Crippen LogP contribution in [0.4, 0.5) is 0 Å². The molecule has 1 atom stereocenters. The van der Waals surface area contributed by atoms with E-state index in [1.165, 1.54) is 11.1 Å². The van der Waals surface area contributed by atoms with Crippen LogP contribution in [0.3, 0.4) is 0 Å².